The minimum absolute atomic E-state index is 0.0822. The zero-order valence-electron chi connectivity index (χ0n) is 9.48. The minimum Gasteiger partial charge on any atom is -0.308 e. The topological polar surface area (TPSA) is 42.7 Å². The molecule has 2 rings (SSSR count). The summed E-state index contributed by atoms with van der Waals surface area (Å²) < 4.78 is 1.71. The van der Waals surface area contributed by atoms with Crippen molar-refractivity contribution in [3.63, 3.8) is 0 Å². The van der Waals surface area contributed by atoms with Gasteiger partial charge in [0.05, 0.1) is 17.9 Å². The van der Waals surface area contributed by atoms with Gasteiger partial charge in [-0.05, 0) is 30.8 Å². The fraction of sp³-hybridized carbons (Fsp3) is 0.273. The van der Waals surface area contributed by atoms with E-state index in [9.17, 15) is 0 Å². The van der Waals surface area contributed by atoms with Gasteiger partial charge in [0.25, 0.3) is 0 Å². The Morgan fingerprint density at radius 3 is 2.71 bits per heavy atom. The second-order valence-corrected chi connectivity index (χ2v) is 4.51. The van der Waals surface area contributed by atoms with Crippen molar-refractivity contribution in [2.75, 3.05) is 7.05 Å². The molecule has 90 valence electrons. The molecule has 2 aromatic rings. The molecule has 1 atom stereocenters. The van der Waals surface area contributed by atoms with Gasteiger partial charge in [-0.1, -0.05) is 28.4 Å². The number of aryl methyl sites for hydroxylation is 1. The molecule has 1 N–H and O–H groups in total. The van der Waals surface area contributed by atoms with E-state index in [4.69, 9.17) is 23.2 Å². The van der Waals surface area contributed by atoms with Crippen molar-refractivity contribution >= 4 is 23.2 Å². The van der Waals surface area contributed by atoms with Gasteiger partial charge in [0, 0.05) is 17.1 Å². The predicted molar refractivity (Wildman–Crippen MR) is 68.4 cm³/mol. The SMILES string of the molecule is CNC(c1cc(Cl)ccc1Cl)c1cnnn1C. The Kier molecular flexibility index (Phi) is 3.66. The van der Waals surface area contributed by atoms with Crippen LogP contribution in [0.2, 0.25) is 10.0 Å². The molecule has 0 aliphatic rings. The van der Waals surface area contributed by atoms with Gasteiger partial charge in [-0.25, -0.2) is 0 Å². The monoisotopic (exact) mass is 270 g/mol. The Labute approximate surface area is 110 Å². The third kappa shape index (κ3) is 2.44. The first-order valence-electron chi connectivity index (χ1n) is 5.10. The first kappa shape index (κ1) is 12.4. The van der Waals surface area contributed by atoms with Gasteiger partial charge in [-0.15, -0.1) is 5.10 Å². The molecule has 1 heterocycles. The zero-order chi connectivity index (χ0) is 12.4. The smallest absolute Gasteiger partial charge is 0.0799 e. The third-order valence-corrected chi connectivity index (χ3v) is 3.18. The maximum Gasteiger partial charge on any atom is 0.0799 e. The molecular formula is C11H12Cl2N4. The lowest BCUT2D eigenvalue weighted by Gasteiger charge is -2.17. The van der Waals surface area contributed by atoms with Gasteiger partial charge in [0.1, 0.15) is 0 Å². The molecule has 0 radical (unpaired) electrons. The Balaban J connectivity index is 2.49. The second kappa shape index (κ2) is 5.04. The predicted octanol–water partition coefficient (Wildman–Crippen LogP) is 2.43. The van der Waals surface area contributed by atoms with E-state index in [1.54, 1.807) is 23.0 Å². The van der Waals surface area contributed by atoms with Crippen LogP contribution in [0.5, 0.6) is 0 Å². The average Bonchev–Trinajstić information content (AvgIpc) is 2.71. The number of nitrogens with zero attached hydrogens (tertiary/aromatic N) is 3. The summed E-state index contributed by atoms with van der Waals surface area (Å²) in [7, 11) is 3.69. The number of aromatic nitrogens is 3. The third-order valence-electron chi connectivity index (χ3n) is 2.60. The van der Waals surface area contributed by atoms with Gasteiger partial charge < -0.3 is 5.32 Å². The quantitative estimate of drug-likeness (QED) is 0.932. The molecule has 0 spiro atoms. The largest absolute Gasteiger partial charge is 0.308 e. The standard InChI is InChI=1S/C11H12Cl2N4/c1-14-11(10-6-15-16-17(10)2)8-5-7(12)3-4-9(8)13/h3-6,11,14H,1-2H3. The van der Waals surface area contributed by atoms with Crippen LogP contribution >= 0.6 is 23.2 Å². The molecule has 1 aromatic carbocycles. The summed E-state index contributed by atoms with van der Waals surface area (Å²) >= 11 is 12.2. The summed E-state index contributed by atoms with van der Waals surface area (Å²) in [5.41, 5.74) is 1.84. The van der Waals surface area contributed by atoms with Gasteiger partial charge in [0.15, 0.2) is 0 Å². The molecule has 0 fully saturated rings. The van der Waals surface area contributed by atoms with Crippen LogP contribution in [0.3, 0.4) is 0 Å². The molecule has 6 heteroatoms. The normalized spacial score (nSPS) is 12.7. The van der Waals surface area contributed by atoms with Crippen LogP contribution in [0.4, 0.5) is 0 Å². The summed E-state index contributed by atoms with van der Waals surface area (Å²) in [5, 5.41) is 12.3. The maximum atomic E-state index is 6.19. The van der Waals surface area contributed by atoms with Crippen LogP contribution in [0, 0.1) is 0 Å². The van der Waals surface area contributed by atoms with Crippen molar-refractivity contribution in [3.8, 4) is 0 Å². The number of rotatable bonds is 3. The molecule has 1 unspecified atom stereocenters. The highest BCUT2D eigenvalue weighted by Gasteiger charge is 2.19. The summed E-state index contributed by atoms with van der Waals surface area (Å²) in [5.74, 6) is 0. The highest BCUT2D eigenvalue weighted by atomic mass is 35.5. The average molecular weight is 271 g/mol. The number of hydrogen-bond acceptors (Lipinski definition) is 3. The number of halogens is 2. The summed E-state index contributed by atoms with van der Waals surface area (Å²) in [6.07, 6.45) is 1.71. The molecule has 0 amide bonds. The first-order chi connectivity index (χ1) is 8.13. The van der Waals surface area contributed by atoms with E-state index >= 15 is 0 Å². The Hall–Kier alpha value is -1.10. The lowest BCUT2D eigenvalue weighted by atomic mass is 10.0. The van der Waals surface area contributed by atoms with Crippen LogP contribution < -0.4 is 5.32 Å². The van der Waals surface area contributed by atoms with Gasteiger partial charge in [-0.2, -0.15) is 0 Å². The molecule has 0 aliphatic carbocycles. The van der Waals surface area contributed by atoms with E-state index in [2.05, 4.69) is 15.6 Å². The van der Waals surface area contributed by atoms with Crippen molar-refractivity contribution in [1.29, 1.82) is 0 Å². The summed E-state index contributed by atoms with van der Waals surface area (Å²) in [6.45, 7) is 0. The van der Waals surface area contributed by atoms with E-state index in [1.807, 2.05) is 20.2 Å². The van der Waals surface area contributed by atoms with Gasteiger partial charge >= 0.3 is 0 Å². The van der Waals surface area contributed by atoms with Crippen molar-refractivity contribution in [2.45, 2.75) is 6.04 Å². The van der Waals surface area contributed by atoms with Crippen LogP contribution in [0.25, 0.3) is 0 Å². The molecule has 0 bridgehead atoms. The van der Waals surface area contributed by atoms with E-state index in [0.717, 1.165) is 11.3 Å². The molecule has 0 saturated heterocycles. The highest BCUT2D eigenvalue weighted by Crippen LogP contribution is 2.29. The van der Waals surface area contributed by atoms with Crippen LogP contribution in [-0.4, -0.2) is 22.0 Å². The van der Waals surface area contributed by atoms with Crippen LogP contribution in [0.15, 0.2) is 24.4 Å². The van der Waals surface area contributed by atoms with E-state index in [-0.39, 0.29) is 6.04 Å². The number of hydrogen-bond donors (Lipinski definition) is 1. The molecular weight excluding hydrogens is 259 g/mol. The Morgan fingerprint density at radius 2 is 2.12 bits per heavy atom. The Morgan fingerprint density at radius 1 is 1.35 bits per heavy atom. The minimum atomic E-state index is -0.0822. The van der Waals surface area contributed by atoms with Crippen LogP contribution in [0.1, 0.15) is 17.3 Å². The molecule has 0 aliphatic heterocycles. The lowest BCUT2D eigenvalue weighted by Crippen LogP contribution is -2.21. The molecule has 4 nitrogen and oxygen atoms in total. The van der Waals surface area contributed by atoms with E-state index in [0.29, 0.717) is 10.0 Å². The van der Waals surface area contributed by atoms with Crippen molar-refractivity contribution in [1.82, 2.24) is 20.3 Å². The Bertz CT molecular complexity index is 524. The fourth-order valence-electron chi connectivity index (χ4n) is 1.76. The first-order valence-corrected chi connectivity index (χ1v) is 5.86. The van der Waals surface area contributed by atoms with Crippen LogP contribution in [-0.2, 0) is 7.05 Å². The summed E-state index contributed by atoms with van der Waals surface area (Å²) in [6, 6.07) is 5.31. The van der Waals surface area contributed by atoms with Crippen molar-refractivity contribution < 1.29 is 0 Å². The van der Waals surface area contributed by atoms with Crippen molar-refractivity contribution in [3.05, 3.63) is 45.7 Å². The molecule has 17 heavy (non-hydrogen) atoms. The maximum absolute atomic E-state index is 6.19. The fourth-order valence-corrected chi connectivity index (χ4v) is 2.16. The summed E-state index contributed by atoms with van der Waals surface area (Å²) in [4.78, 5) is 0. The van der Waals surface area contributed by atoms with Crippen molar-refractivity contribution in [2.24, 2.45) is 7.05 Å². The van der Waals surface area contributed by atoms with E-state index in [1.165, 1.54) is 0 Å². The zero-order valence-corrected chi connectivity index (χ0v) is 11.0. The number of benzene rings is 1. The molecule has 1 aromatic heterocycles. The second-order valence-electron chi connectivity index (χ2n) is 3.67. The number of nitrogens with one attached hydrogen (secondary N) is 1. The lowest BCUT2D eigenvalue weighted by molar-refractivity contribution is 0.598. The van der Waals surface area contributed by atoms with Gasteiger partial charge in [0.2, 0.25) is 0 Å². The molecule has 0 saturated carbocycles. The van der Waals surface area contributed by atoms with Gasteiger partial charge in [-0.3, -0.25) is 4.68 Å². The highest BCUT2D eigenvalue weighted by molar-refractivity contribution is 6.33. The van der Waals surface area contributed by atoms with E-state index < -0.39 is 0 Å².